The fourth-order valence-corrected chi connectivity index (χ4v) is 5.48. The SMILES string of the molecule is O=C(Nc1cc(NC(=O)C(F)(F)F)ccc1F)c1cc(NC(=O)C2C(c3cc(Cl)cc(Cl)c3)C2(Cl)Cl)ccc1Cl. The number of carbonyl (C=O) groups is 3. The van der Waals surface area contributed by atoms with Gasteiger partial charge in [-0.15, -0.1) is 23.2 Å². The largest absolute Gasteiger partial charge is 0.471 e. The minimum atomic E-state index is -5.18. The van der Waals surface area contributed by atoms with Crippen LogP contribution in [0.4, 0.5) is 34.6 Å². The summed E-state index contributed by atoms with van der Waals surface area (Å²) in [4.78, 5) is 37.0. The molecule has 0 bridgehead atoms. The van der Waals surface area contributed by atoms with Crippen LogP contribution >= 0.6 is 58.0 Å². The molecule has 2 unspecified atom stereocenters. The van der Waals surface area contributed by atoms with E-state index in [9.17, 15) is 31.9 Å². The Bertz CT molecular complexity index is 1510. The number of rotatable bonds is 6. The molecule has 15 heteroatoms. The molecule has 3 amide bonds. The van der Waals surface area contributed by atoms with Crippen molar-refractivity contribution in [3.8, 4) is 0 Å². The molecule has 3 aromatic carbocycles. The molecule has 1 saturated carbocycles. The average molecular weight is 658 g/mol. The lowest BCUT2D eigenvalue weighted by Crippen LogP contribution is -2.30. The zero-order chi connectivity index (χ0) is 29.6. The van der Waals surface area contributed by atoms with E-state index in [0.29, 0.717) is 15.6 Å². The van der Waals surface area contributed by atoms with E-state index in [1.807, 2.05) is 0 Å². The highest BCUT2D eigenvalue weighted by Crippen LogP contribution is 2.65. The molecule has 0 spiro atoms. The van der Waals surface area contributed by atoms with Crippen molar-refractivity contribution >= 4 is 92.8 Å². The summed E-state index contributed by atoms with van der Waals surface area (Å²) >= 11 is 30.9. The molecular weight excluding hydrogens is 644 g/mol. The molecule has 40 heavy (non-hydrogen) atoms. The van der Waals surface area contributed by atoms with E-state index in [0.717, 1.165) is 18.2 Å². The van der Waals surface area contributed by atoms with Crippen LogP contribution in [0.25, 0.3) is 0 Å². The van der Waals surface area contributed by atoms with Crippen LogP contribution in [0.3, 0.4) is 0 Å². The Hall–Kier alpha value is -2.76. The maximum atomic E-state index is 14.3. The maximum Gasteiger partial charge on any atom is 0.471 e. The molecule has 1 fully saturated rings. The van der Waals surface area contributed by atoms with Gasteiger partial charge < -0.3 is 16.0 Å². The molecule has 1 aliphatic rings. The van der Waals surface area contributed by atoms with Crippen molar-refractivity contribution in [3.05, 3.63) is 86.6 Å². The van der Waals surface area contributed by atoms with Gasteiger partial charge in [-0.1, -0.05) is 34.8 Å². The van der Waals surface area contributed by atoms with Gasteiger partial charge in [-0.3, -0.25) is 14.4 Å². The molecule has 0 heterocycles. The molecule has 0 radical (unpaired) electrons. The summed E-state index contributed by atoms with van der Waals surface area (Å²) < 4.78 is 50.4. The number of alkyl halides is 5. The molecule has 2 atom stereocenters. The van der Waals surface area contributed by atoms with E-state index < -0.39 is 57.3 Å². The number of halogens is 9. The number of benzene rings is 3. The maximum absolute atomic E-state index is 14.3. The van der Waals surface area contributed by atoms with Crippen molar-refractivity contribution in [1.29, 1.82) is 0 Å². The highest BCUT2D eigenvalue weighted by molar-refractivity contribution is 6.53. The van der Waals surface area contributed by atoms with Gasteiger partial charge in [-0.2, -0.15) is 13.2 Å². The summed E-state index contributed by atoms with van der Waals surface area (Å²) in [6.45, 7) is 0. The normalized spacial score (nSPS) is 17.6. The van der Waals surface area contributed by atoms with Crippen LogP contribution in [-0.2, 0) is 9.59 Å². The van der Waals surface area contributed by atoms with E-state index in [1.54, 1.807) is 17.4 Å². The van der Waals surface area contributed by atoms with E-state index in [1.165, 1.54) is 24.3 Å². The molecule has 4 rings (SSSR count). The monoisotopic (exact) mass is 655 g/mol. The van der Waals surface area contributed by atoms with E-state index >= 15 is 0 Å². The lowest BCUT2D eigenvalue weighted by atomic mass is 10.1. The van der Waals surface area contributed by atoms with Crippen LogP contribution in [0.2, 0.25) is 15.1 Å². The van der Waals surface area contributed by atoms with E-state index in [-0.39, 0.29) is 16.3 Å². The summed E-state index contributed by atoms with van der Waals surface area (Å²) in [5, 5.41) is 6.90. The van der Waals surface area contributed by atoms with Gasteiger partial charge in [0.1, 0.15) is 10.2 Å². The zero-order valence-corrected chi connectivity index (χ0v) is 23.3. The minimum absolute atomic E-state index is 0.0839. The van der Waals surface area contributed by atoms with Gasteiger partial charge >= 0.3 is 12.1 Å². The topological polar surface area (TPSA) is 87.3 Å². The predicted octanol–water partition coefficient (Wildman–Crippen LogP) is 8.07. The van der Waals surface area contributed by atoms with Crippen LogP contribution in [-0.4, -0.2) is 28.2 Å². The highest BCUT2D eigenvalue weighted by atomic mass is 35.5. The standard InChI is InChI=1S/C25H14Cl5F4N3O3/c26-11-5-10(6-12(27)7-11)19-20(24(19,29)30)22(39)35-13-1-3-16(28)15(8-13)21(38)37-18-9-14(2-4-17(18)31)36-23(40)25(32,33)34/h1-9,19-20H,(H,35,39)(H,36,40)(H,37,38). The Morgan fingerprint density at radius 1 is 0.800 bits per heavy atom. The minimum Gasteiger partial charge on any atom is -0.326 e. The first kappa shape index (κ1) is 30.2. The summed E-state index contributed by atoms with van der Waals surface area (Å²) in [6, 6.07) is 11.0. The summed E-state index contributed by atoms with van der Waals surface area (Å²) in [6.07, 6.45) is -5.18. The first-order valence-corrected chi connectivity index (χ1v) is 12.9. The molecule has 6 nitrogen and oxygen atoms in total. The van der Waals surface area contributed by atoms with Crippen LogP contribution < -0.4 is 16.0 Å². The number of hydrogen-bond acceptors (Lipinski definition) is 3. The van der Waals surface area contributed by atoms with Gasteiger partial charge in [0.2, 0.25) is 5.91 Å². The van der Waals surface area contributed by atoms with Crippen molar-refractivity contribution in [2.24, 2.45) is 5.92 Å². The van der Waals surface area contributed by atoms with Gasteiger partial charge in [0.15, 0.2) is 0 Å². The summed E-state index contributed by atoms with van der Waals surface area (Å²) in [5.41, 5.74) is -0.498. The molecule has 0 saturated heterocycles. The summed E-state index contributed by atoms with van der Waals surface area (Å²) in [7, 11) is 0. The molecular formula is C25H14Cl5F4N3O3. The molecule has 1 aliphatic carbocycles. The quantitative estimate of drug-likeness (QED) is 0.185. The first-order chi connectivity index (χ1) is 18.6. The number of amides is 3. The third-order valence-corrected chi connectivity index (χ3v) is 7.49. The predicted molar refractivity (Wildman–Crippen MR) is 146 cm³/mol. The third-order valence-electron chi connectivity index (χ3n) is 5.79. The molecule has 3 aromatic rings. The van der Waals surface area contributed by atoms with Crippen molar-refractivity contribution in [1.82, 2.24) is 0 Å². The van der Waals surface area contributed by atoms with Crippen LogP contribution in [0.15, 0.2) is 54.6 Å². The molecule has 210 valence electrons. The Kier molecular flexibility index (Phi) is 8.50. The van der Waals surface area contributed by atoms with Gasteiger partial charge in [0.05, 0.1) is 22.2 Å². The summed E-state index contributed by atoms with van der Waals surface area (Å²) in [5.74, 6) is -6.35. The Morgan fingerprint density at radius 2 is 1.40 bits per heavy atom. The van der Waals surface area contributed by atoms with Crippen LogP contribution in [0.1, 0.15) is 21.8 Å². The van der Waals surface area contributed by atoms with Crippen molar-refractivity contribution < 1.29 is 31.9 Å². The van der Waals surface area contributed by atoms with Gasteiger partial charge in [-0.25, -0.2) is 4.39 Å². The lowest BCUT2D eigenvalue weighted by molar-refractivity contribution is -0.167. The van der Waals surface area contributed by atoms with Gasteiger partial charge in [0, 0.05) is 27.3 Å². The Labute approximate surface area is 248 Å². The molecule has 0 aliphatic heterocycles. The third kappa shape index (κ3) is 6.58. The van der Waals surface area contributed by atoms with Crippen LogP contribution in [0.5, 0.6) is 0 Å². The van der Waals surface area contributed by atoms with Crippen molar-refractivity contribution in [3.63, 3.8) is 0 Å². The smallest absolute Gasteiger partial charge is 0.326 e. The fraction of sp³-hybridized carbons (Fsp3) is 0.160. The second-order valence-electron chi connectivity index (χ2n) is 8.62. The number of nitrogens with one attached hydrogen (secondary N) is 3. The van der Waals surface area contributed by atoms with E-state index in [2.05, 4.69) is 10.6 Å². The highest BCUT2D eigenvalue weighted by Gasteiger charge is 2.67. The fourth-order valence-electron chi connectivity index (χ4n) is 3.91. The zero-order valence-electron chi connectivity index (χ0n) is 19.5. The van der Waals surface area contributed by atoms with Crippen LogP contribution in [0, 0.1) is 11.7 Å². The second kappa shape index (κ2) is 11.3. The van der Waals surface area contributed by atoms with Gasteiger partial charge in [0.25, 0.3) is 5.91 Å². The average Bonchev–Trinajstić information content (AvgIpc) is 3.43. The molecule has 0 aromatic heterocycles. The van der Waals surface area contributed by atoms with Crippen molar-refractivity contribution in [2.75, 3.05) is 16.0 Å². The van der Waals surface area contributed by atoms with E-state index in [4.69, 9.17) is 58.0 Å². The number of hydrogen-bond donors (Lipinski definition) is 3. The Morgan fingerprint density at radius 3 is 2.02 bits per heavy atom. The lowest BCUT2D eigenvalue weighted by Gasteiger charge is -2.13. The first-order valence-electron chi connectivity index (χ1n) is 11.0. The number of anilines is 3. The second-order valence-corrected chi connectivity index (χ2v) is 11.3. The van der Waals surface area contributed by atoms with Gasteiger partial charge in [-0.05, 0) is 60.2 Å². The van der Waals surface area contributed by atoms with Crippen molar-refractivity contribution in [2.45, 2.75) is 16.4 Å². The number of carbonyl (C=O) groups excluding carboxylic acids is 3. The Balaban J connectivity index is 1.50. The molecule has 3 N–H and O–H groups in total.